The van der Waals surface area contributed by atoms with Crippen LogP contribution in [-0.2, 0) is 0 Å². The van der Waals surface area contributed by atoms with E-state index in [0.29, 0.717) is 5.82 Å². The largest absolute Gasteiger partial charge is 0.270 e. The molecular weight excluding hydrogens is 309 g/mol. The van der Waals surface area contributed by atoms with Gasteiger partial charge in [-0.05, 0) is 42.8 Å². The van der Waals surface area contributed by atoms with E-state index in [-0.39, 0.29) is 5.82 Å². The van der Waals surface area contributed by atoms with Crippen molar-refractivity contribution in [1.29, 1.82) is 0 Å². The van der Waals surface area contributed by atoms with E-state index >= 15 is 0 Å². The van der Waals surface area contributed by atoms with Gasteiger partial charge in [-0.3, -0.25) is 4.57 Å². The van der Waals surface area contributed by atoms with E-state index in [2.05, 4.69) is 16.8 Å². The van der Waals surface area contributed by atoms with Crippen molar-refractivity contribution in [1.82, 2.24) is 14.8 Å². The second kappa shape index (κ2) is 6.79. The van der Waals surface area contributed by atoms with E-state index in [4.69, 9.17) is 0 Å². The highest BCUT2D eigenvalue weighted by Gasteiger charge is 2.17. The summed E-state index contributed by atoms with van der Waals surface area (Å²) >= 11 is 1.57. The van der Waals surface area contributed by atoms with Gasteiger partial charge in [-0.1, -0.05) is 36.0 Å². The van der Waals surface area contributed by atoms with Crippen LogP contribution in [0.4, 0.5) is 4.39 Å². The van der Waals surface area contributed by atoms with Crippen LogP contribution in [0.2, 0.25) is 0 Å². The van der Waals surface area contributed by atoms with Crippen molar-refractivity contribution in [2.45, 2.75) is 12.1 Å². The number of aromatic nitrogens is 3. The summed E-state index contributed by atoms with van der Waals surface area (Å²) in [6.45, 7) is 5.80. The summed E-state index contributed by atoms with van der Waals surface area (Å²) in [5.74, 6) is 1.18. The fourth-order valence-corrected chi connectivity index (χ4v) is 2.99. The van der Waals surface area contributed by atoms with Crippen molar-refractivity contribution in [3.8, 4) is 17.1 Å². The Morgan fingerprint density at radius 2 is 1.87 bits per heavy atom. The van der Waals surface area contributed by atoms with Gasteiger partial charge in [-0.25, -0.2) is 4.39 Å². The predicted molar refractivity (Wildman–Crippen MR) is 92.4 cm³/mol. The zero-order valence-corrected chi connectivity index (χ0v) is 13.6. The molecule has 0 amide bonds. The topological polar surface area (TPSA) is 30.7 Å². The first kappa shape index (κ1) is 15.5. The van der Waals surface area contributed by atoms with Crippen LogP contribution in [0.3, 0.4) is 0 Å². The number of thioether (sulfide) groups is 1. The van der Waals surface area contributed by atoms with Crippen LogP contribution in [0.1, 0.15) is 5.56 Å². The molecule has 0 unspecified atom stereocenters. The number of rotatable bonds is 5. The molecule has 1 heterocycles. The molecule has 0 aliphatic carbocycles. The second-order valence-corrected chi connectivity index (χ2v) is 6.02. The van der Waals surface area contributed by atoms with Gasteiger partial charge in [0.1, 0.15) is 5.82 Å². The molecule has 0 aliphatic rings. The first-order valence-corrected chi connectivity index (χ1v) is 8.20. The van der Waals surface area contributed by atoms with Gasteiger partial charge in [0.2, 0.25) is 0 Å². The lowest BCUT2D eigenvalue weighted by Gasteiger charge is -2.12. The van der Waals surface area contributed by atoms with Gasteiger partial charge in [0.05, 0.1) is 5.69 Å². The third-order valence-corrected chi connectivity index (χ3v) is 4.35. The molecule has 0 saturated carbocycles. The maximum Gasteiger partial charge on any atom is 0.196 e. The van der Waals surface area contributed by atoms with E-state index in [1.165, 1.54) is 12.1 Å². The Bertz CT molecular complexity index is 825. The molecule has 116 valence electrons. The minimum absolute atomic E-state index is 0.267. The smallest absolute Gasteiger partial charge is 0.196 e. The maximum atomic E-state index is 13.2. The molecule has 0 atom stereocenters. The molecule has 0 saturated heterocycles. The summed E-state index contributed by atoms with van der Waals surface area (Å²) in [5.41, 5.74) is 2.96. The van der Waals surface area contributed by atoms with E-state index in [1.807, 2.05) is 41.8 Å². The molecule has 1 aromatic heterocycles. The molecule has 0 radical (unpaired) electrons. The predicted octanol–water partition coefficient (Wildman–Crippen LogP) is 4.66. The maximum absolute atomic E-state index is 13.2. The number of hydrogen-bond donors (Lipinski definition) is 0. The Labute approximate surface area is 138 Å². The van der Waals surface area contributed by atoms with Crippen molar-refractivity contribution in [3.05, 3.63) is 72.6 Å². The summed E-state index contributed by atoms with van der Waals surface area (Å²) in [6, 6.07) is 14.4. The minimum Gasteiger partial charge on any atom is -0.270 e. The van der Waals surface area contributed by atoms with E-state index in [0.717, 1.165) is 27.7 Å². The van der Waals surface area contributed by atoms with Gasteiger partial charge >= 0.3 is 0 Å². The lowest BCUT2D eigenvalue weighted by molar-refractivity contribution is 0.628. The van der Waals surface area contributed by atoms with Gasteiger partial charge in [0, 0.05) is 11.3 Å². The van der Waals surface area contributed by atoms with E-state index in [9.17, 15) is 4.39 Å². The van der Waals surface area contributed by atoms with Crippen LogP contribution in [-0.4, -0.2) is 20.5 Å². The SMILES string of the molecule is C=CCSc1nnc(-c2ccc(F)cc2)n1-c1ccccc1C. The molecule has 0 fully saturated rings. The Morgan fingerprint density at radius 3 is 2.57 bits per heavy atom. The fourth-order valence-electron chi connectivity index (χ4n) is 2.31. The van der Waals surface area contributed by atoms with Gasteiger partial charge in [0.25, 0.3) is 0 Å². The monoisotopic (exact) mass is 325 g/mol. The number of aryl methyl sites for hydroxylation is 1. The summed E-state index contributed by atoms with van der Waals surface area (Å²) in [5, 5.41) is 9.42. The summed E-state index contributed by atoms with van der Waals surface area (Å²) in [4.78, 5) is 0. The molecule has 0 aliphatic heterocycles. The van der Waals surface area contributed by atoms with Crippen molar-refractivity contribution in [3.63, 3.8) is 0 Å². The zero-order valence-electron chi connectivity index (χ0n) is 12.7. The molecular formula is C18H16FN3S. The van der Waals surface area contributed by atoms with Crippen molar-refractivity contribution >= 4 is 11.8 Å². The quantitative estimate of drug-likeness (QED) is 0.505. The minimum atomic E-state index is -0.267. The molecule has 3 nitrogen and oxygen atoms in total. The Morgan fingerprint density at radius 1 is 1.13 bits per heavy atom. The van der Waals surface area contributed by atoms with Gasteiger partial charge in [-0.15, -0.1) is 16.8 Å². The standard InChI is InChI=1S/C18H16FN3S/c1-3-12-23-18-21-20-17(14-8-10-15(19)11-9-14)22(18)16-7-5-4-6-13(16)2/h3-11H,1,12H2,2H3. The highest BCUT2D eigenvalue weighted by Crippen LogP contribution is 2.29. The first-order valence-electron chi connectivity index (χ1n) is 7.22. The van der Waals surface area contributed by atoms with Crippen LogP contribution in [0.25, 0.3) is 17.1 Å². The summed E-state index contributed by atoms with van der Waals surface area (Å²) < 4.78 is 15.2. The lowest BCUT2D eigenvalue weighted by Crippen LogP contribution is -2.02. The number of nitrogens with zero attached hydrogens (tertiary/aromatic N) is 3. The molecule has 2 aromatic carbocycles. The highest BCUT2D eigenvalue weighted by atomic mass is 32.2. The third kappa shape index (κ3) is 3.19. The second-order valence-electron chi connectivity index (χ2n) is 5.03. The third-order valence-electron chi connectivity index (χ3n) is 3.42. The van der Waals surface area contributed by atoms with Crippen LogP contribution in [0.5, 0.6) is 0 Å². The van der Waals surface area contributed by atoms with Crippen LogP contribution in [0.15, 0.2) is 66.3 Å². The number of para-hydroxylation sites is 1. The van der Waals surface area contributed by atoms with Gasteiger partial charge in [0.15, 0.2) is 11.0 Å². The van der Waals surface area contributed by atoms with Gasteiger partial charge in [-0.2, -0.15) is 0 Å². The summed E-state index contributed by atoms with van der Waals surface area (Å²) in [6.07, 6.45) is 1.83. The molecule has 0 N–H and O–H groups in total. The van der Waals surface area contributed by atoms with E-state index < -0.39 is 0 Å². The molecule has 0 bridgehead atoms. The number of benzene rings is 2. The molecule has 23 heavy (non-hydrogen) atoms. The van der Waals surface area contributed by atoms with Crippen LogP contribution < -0.4 is 0 Å². The average molecular weight is 325 g/mol. The fraction of sp³-hybridized carbons (Fsp3) is 0.111. The van der Waals surface area contributed by atoms with E-state index in [1.54, 1.807) is 23.9 Å². The molecule has 0 spiro atoms. The molecule has 3 aromatic rings. The highest BCUT2D eigenvalue weighted by molar-refractivity contribution is 7.99. The molecule has 3 rings (SSSR count). The Hall–Kier alpha value is -2.40. The van der Waals surface area contributed by atoms with Crippen molar-refractivity contribution < 1.29 is 4.39 Å². The lowest BCUT2D eigenvalue weighted by atomic mass is 10.1. The Kier molecular flexibility index (Phi) is 4.57. The normalized spacial score (nSPS) is 10.7. The van der Waals surface area contributed by atoms with Gasteiger partial charge < -0.3 is 0 Å². The van der Waals surface area contributed by atoms with Crippen LogP contribution >= 0.6 is 11.8 Å². The molecule has 5 heteroatoms. The van der Waals surface area contributed by atoms with Crippen molar-refractivity contribution in [2.75, 3.05) is 5.75 Å². The number of halogens is 1. The summed E-state index contributed by atoms with van der Waals surface area (Å²) in [7, 11) is 0. The number of hydrogen-bond acceptors (Lipinski definition) is 3. The van der Waals surface area contributed by atoms with Crippen LogP contribution in [0, 0.1) is 12.7 Å². The Balaban J connectivity index is 2.17. The zero-order chi connectivity index (χ0) is 16.2. The van der Waals surface area contributed by atoms with Crippen molar-refractivity contribution in [2.24, 2.45) is 0 Å². The average Bonchev–Trinajstić information content (AvgIpc) is 2.98. The first-order chi connectivity index (χ1) is 11.2.